The zero-order valence-corrected chi connectivity index (χ0v) is 14.1. The molecule has 3 heterocycles. The molecule has 1 aromatic heterocycles. The van der Waals surface area contributed by atoms with Crippen molar-refractivity contribution in [2.24, 2.45) is 0 Å². The van der Waals surface area contributed by atoms with Crippen LogP contribution in [0.4, 0.5) is 11.5 Å². The number of piperidine rings is 1. The Bertz CT molecular complexity index is 771. The van der Waals surface area contributed by atoms with Gasteiger partial charge in [0.2, 0.25) is 0 Å². The Hall–Kier alpha value is -2.65. The van der Waals surface area contributed by atoms with E-state index in [9.17, 15) is 0 Å². The minimum Gasteiger partial charge on any atom is -0.369 e. The van der Waals surface area contributed by atoms with E-state index in [-0.39, 0.29) is 5.60 Å². The minimum atomic E-state index is -0.198. The van der Waals surface area contributed by atoms with Crippen LogP contribution in [0.1, 0.15) is 18.4 Å². The molecule has 0 radical (unpaired) electrons. The van der Waals surface area contributed by atoms with Crippen molar-refractivity contribution in [1.82, 2.24) is 9.97 Å². The predicted octanol–water partition coefficient (Wildman–Crippen LogP) is 2.22. The number of morpholine rings is 1. The van der Waals surface area contributed by atoms with Gasteiger partial charge in [0, 0.05) is 37.7 Å². The van der Waals surface area contributed by atoms with Crippen LogP contribution < -0.4 is 9.80 Å². The van der Waals surface area contributed by atoms with Crippen molar-refractivity contribution in [2.75, 3.05) is 42.6 Å². The van der Waals surface area contributed by atoms with E-state index in [4.69, 9.17) is 10.00 Å². The van der Waals surface area contributed by atoms with Crippen molar-refractivity contribution in [3.63, 3.8) is 0 Å². The van der Waals surface area contributed by atoms with Crippen LogP contribution >= 0.6 is 0 Å². The van der Waals surface area contributed by atoms with Gasteiger partial charge in [-0.3, -0.25) is 4.98 Å². The summed E-state index contributed by atoms with van der Waals surface area (Å²) >= 11 is 0. The van der Waals surface area contributed by atoms with Crippen molar-refractivity contribution >= 4 is 11.5 Å². The summed E-state index contributed by atoms with van der Waals surface area (Å²) in [5.41, 5.74) is 1.60. The summed E-state index contributed by atoms with van der Waals surface area (Å²) in [6.45, 7) is 4.18. The molecule has 2 fully saturated rings. The molecule has 6 heteroatoms. The number of benzene rings is 1. The van der Waals surface area contributed by atoms with Crippen LogP contribution in [0.25, 0.3) is 0 Å². The molecule has 2 aliphatic heterocycles. The second kappa shape index (κ2) is 6.69. The average Bonchev–Trinajstić information content (AvgIpc) is 2.69. The first-order valence-corrected chi connectivity index (χ1v) is 8.68. The van der Waals surface area contributed by atoms with E-state index in [0.29, 0.717) is 12.2 Å². The Morgan fingerprint density at radius 1 is 1.16 bits per heavy atom. The van der Waals surface area contributed by atoms with Gasteiger partial charge in [-0.1, -0.05) is 6.07 Å². The fourth-order valence-corrected chi connectivity index (χ4v) is 3.83. The van der Waals surface area contributed by atoms with Crippen molar-refractivity contribution in [3.8, 4) is 6.07 Å². The number of nitrogens with zero attached hydrogens (tertiary/aromatic N) is 5. The summed E-state index contributed by atoms with van der Waals surface area (Å²) < 4.78 is 6.27. The van der Waals surface area contributed by atoms with Crippen LogP contribution in [0.5, 0.6) is 0 Å². The molecule has 1 atom stereocenters. The maximum atomic E-state index is 9.15. The van der Waals surface area contributed by atoms with Crippen LogP contribution in [-0.2, 0) is 4.74 Å². The quantitative estimate of drug-likeness (QED) is 0.838. The maximum Gasteiger partial charge on any atom is 0.147 e. The molecule has 25 heavy (non-hydrogen) atoms. The lowest BCUT2D eigenvalue weighted by atomic mass is 9.90. The molecule has 1 aromatic carbocycles. The molecule has 6 nitrogen and oxygen atoms in total. The summed E-state index contributed by atoms with van der Waals surface area (Å²) in [4.78, 5) is 13.2. The summed E-state index contributed by atoms with van der Waals surface area (Å²) in [6, 6.07) is 10.0. The highest BCUT2D eigenvalue weighted by atomic mass is 16.5. The smallest absolute Gasteiger partial charge is 0.147 e. The molecule has 0 saturated carbocycles. The molecular weight excluding hydrogens is 314 g/mol. The van der Waals surface area contributed by atoms with Gasteiger partial charge < -0.3 is 14.5 Å². The molecule has 0 N–H and O–H groups in total. The van der Waals surface area contributed by atoms with Gasteiger partial charge in [0.05, 0.1) is 31.0 Å². The number of aromatic nitrogens is 2. The highest BCUT2D eigenvalue weighted by Gasteiger charge is 2.41. The lowest BCUT2D eigenvalue weighted by molar-refractivity contribution is -0.0630. The van der Waals surface area contributed by atoms with Gasteiger partial charge in [0.25, 0.3) is 0 Å². The Morgan fingerprint density at radius 3 is 2.92 bits per heavy atom. The second-order valence-corrected chi connectivity index (χ2v) is 6.70. The molecular formula is C19H21N5O. The molecule has 2 saturated heterocycles. The average molecular weight is 335 g/mol. The summed E-state index contributed by atoms with van der Waals surface area (Å²) in [5, 5.41) is 9.15. The Morgan fingerprint density at radius 2 is 2.08 bits per heavy atom. The van der Waals surface area contributed by atoms with Gasteiger partial charge in [-0.15, -0.1) is 0 Å². The van der Waals surface area contributed by atoms with Crippen molar-refractivity contribution in [3.05, 3.63) is 48.4 Å². The molecule has 0 aliphatic carbocycles. The highest BCUT2D eigenvalue weighted by Crippen LogP contribution is 2.33. The largest absolute Gasteiger partial charge is 0.369 e. The Kier molecular flexibility index (Phi) is 4.24. The molecule has 128 valence electrons. The number of anilines is 2. The van der Waals surface area contributed by atoms with Gasteiger partial charge in [-0.25, -0.2) is 4.98 Å². The summed E-state index contributed by atoms with van der Waals surface area (Å²) in [6.07, 6.45) is 7.36. The number of rotatable bonds is 2. The van der Waals surface area contributed by atoms with Gasteiger partial charge in [0.1, 0.15) is 11.4 Å². The monoisotopic (exact) mass is 335 g/mol. The first kappa shape index (κ1) is 15.9. The van der Waals surface area contributed by atoms with Gasteiger partial charge in [-0.2, -0.15) is 5.26 Å². The number of hydrogen-bond acceptors (Lipinski definition) is 6. The van der Waals surface area contributed by atoms with Crippen molar-refractivity contribution in [2.45, 2.75) is 18.4 Å². The van der Waals surface area contributed by atoms with Crippen molar-refractivity contribution in [1.29, 1.82) is 5.26 Å². The molecule has 0 unspecified atom stereocenters. The topological polar surface area (TPSA) is 65.3 Å². The molecule has 1 spiro atoms. The molecule has 0 bridgehead atoms. The Balaban J connectivity index is 1.54. The molecule has 0 amide bonds. The third kappa shape index (κ3) is 3.28. The standard InChI is InChI=1S/C19H21N5O/c20-12-16-3-1-4-17(11-16)23-8-2-5-19(14-23)15-24(9-10-25-19)18-13-21-6-7-22-18/h1,3-4,6-7,11,13H,2,5,8-10,14-15H2/t19-/m0/s1. The number of ether oxygens (including phenoxy) is 1. The van der Waals surface area contributed by atoms with E-state index < -0.39 is 0 Å². The molecule has 4 rings (SSSR count). The molecule has 2 aliphatic rings. The lowest BCUT2D eigenvalue weighted by Gasteiger charge is -2.48. The maximum absolute atomic E-state index is 9.15. The van der Waals surface area contributed by atoms with Gasteiger partial charge >= 0.3 is 0 Å². The van der Waals surface area contributed by atoms with Gasteiger partial charge in [-0.05, 0) is 31.0 Å². The van der Waals surface area contributed by atoms with Crippen LogP contribution in [0.3, 0.4) is 0 Å². The second-order valence-electron chi connectivity index (χ2n) is 6.70. The van der Waals surface area contributed by atoms with Crippen LogP contribution in [0, 0.1) is 11.3 Å². The Labute approximate surface area is 147 Å². The van der Waals surface area contributed by atoms with E-state index in [1.807, 2.05) is 24.4 Å². The highest BCUT2D eigenvalue weighted by molar-refractivity contribution is 5.52. The van der Waals surface area contributed by atoms with Crippen LogP contribution in [0.15, 0.2) is 42.9 Å². The first-order valence-electron chi connectivity index (χ1n) is 8.68. The summed E-state index contributed by atoms with van der Waals surface area (Å²) in [7, 11) is 0. The van der Waals surface area contributed by atoms with E-state index >= 15 is 0 Å². The number of nitriles is 1. The zero-order valence-electron chi connectivity index (χ0n) is 14.1. The fraction of sp³-hybridized carbons (Fsp3) is 0.421. The van der Waals surface area contributed by atoms with E-state index in [1.165, 1.54) is 0 Å². The summed E-state index contributed by atoms with van der Waals surface area (Å²) in [5.74, 6) is 0.911. The van der Waals surface area contributed by atoms with Crippen LogP contribution in [0.2, 0.25) is 0 Å². The van der Waals surface area contributed by atoms with Crippen LogP contribution in [-0.4, -0.2) is 48.4 Å². The van der Waals surface area contributed by atoms with Gasteiger partial charge in [0.15, 0.2) is 0 Å². The molecule has 2 aromatic rings. The fourth-order valence-electron chi connectivity index (χ4n) is 3.83. The first-order chi connectivity index (χ1) is 12.3. The normalized spacial score (nSPS) is 23.5. The third-order valence-electron chi connectivity index (χ3n) is 5.00. The predicted molar refractivity (Wildman–Crippen MR) is 95.5 cm³/mol. The zero-order chi connectivity index (χ0) is 17.1. The minimum absolute atomic E-state index is 0.198. The van der Waals surface area contributed by atoms with E-state index in [2.05, 4.69) is 31.9 Å². The lowest BCUT2D eigenvalue weighted by Crippen LogP contribution is -2.60. The SMILES string of the molecule is N#Cc1cccc(N2CCC[C@]3(C2)CN(c2cnccn2)CCO3)c1. The van der Waals surface area contributed by atoms with E-state index in [0.717, 1.165) is 50.5 Å². The van der Waals surface area contributed by atoms with Crippen molar-refractivity contribution < 1.29 is 4.74 Å². The number of hydrogen-bond donors (Lipinski definition) is 0. The van der Waals surface area contributed by atoms with E-state index in [1.54, 1.807) is 12.4 Å². The third-order valence-corrected chi connectivity index (χ3v) is 5.00.